The first-order chi connectivity index (χ1) is 15.8. The summed E-state index contributed by atoms with van der Waals surface area (Å²) in [5.74, 6) is 3.83. The van der Waals surface area contributed by atoms with Gasteiger partial charge in [0.2, 0.25) is 0 Å². The molecule has 0 unspecified atom stereocenters. The molecule has 0 bridgehead atoms. The van der Waals surface area contributed by atoms with E-state index in [-0.39, 0.29) is 47.7 Å². The number of aliphatic carboxylic acids is 1. The van der Waals surface area contributed by atoms with Crippen LogP contribution in [0.3, 0.4) is 0 Å². The maximum absolute atomic E-state index is 13.6. The molecule has 2 atom stereocenters. The first kappa shape index (κ1) is 27.6. The predicted molar refractivity (Wildman–Crippen MR) is 120 cm³/mol. The molecule has 34 heavy (non-hydrogen) atoms. The zero-order chi connectivity index (χ0) is 24.0. The molecule has 8 heteroatoms. The van der Waals surface area contributed by atoms with Gasteiger partial charge in [0.25, 0.3) is 0 Å². The zero-order valence-corrected chi connectivity index (χ0v) is 21.3. The van der Waals surface area contributed by atoms with Crippen molar-refractivity contribution in [2.45, 2.75) is 44.8 Å². The molecule has 1 heterocycles. The molecular formula is C26H24FN2NaO4. The van der Waals surface area contributed by atoms with E-state index in [0.29, 0.717) is 28.1 Å². The van der Waals surface area contributed by atoms with Crippen LogP contribution in [0.5, 0.6) is 0 Å². The molecule has 0 saturated heterocycles. The Morgan fingerprint density at radius 2 is 1.68 bits per heavy atom. The van der Waals surface area contributed by atoms with Gasteiger partial charge in [0.1, 0.15) is 17.6 Å². The number of aliphatic hydroxyl groups excluding tert-OH is 2. The van der Waals surface area contributed by atoms with E-state index in [1.54, 1.807) is 12.1 Å². The Labute approximate surface area is 220 Å². The number of rotatable bonds is 7. The standard InChI is InChI=1S/C26H25FN2O4.Na/c1-16(2)25-22(13-12-20(30)14-21(31)15-23(32)33)24(17-8-10-19(27)11-9-17)26(29-28-25)18-6-4-3-5-7-18;/h3-11,16,20-21,30-31H,14-15H2,1-2H3,(H,32,33);/q;+1/p-1/t20-,21-;/m1./s1. The monoisotopic (exact) mass is 470 g/mol. The van der Waals surface area contributed by atoms with Crippen LogP contribution in [0.2, 0.25) is 0 Å². The smallest absolute Gasteiger partial charge is 0.550 e. The third kappa shape index (κ3) is 7.20. The van der Waals surface area contributed by atoms with Crippen molar-refractivity contribution >= 4 is 5.97 Å². The van der Waals surface area contributed by atoms with Gasteiger partial charge in [0.05, 0.1) is 17.4 Å². The third-order valence-corrected chi connectivity index (χ3v) is 4.99. The topological polar surface area (TPSA) is 106 Å². The molecule has 1 aromatic heterocycles. The van der Waals surface area contributed by atoms with Crippen molar-refractivity contribution in [3.8, 4) is 34.2 Å². The molecule has 0 spiro atoms. The van der Waals surface area contributed by atoms with Gasteiger partial charge < -0.3 is 20.1 Å². The van der Waals surface area contributed by atoms with Gasteiger partial charge in [-0.2, -0.15) is 5.10 Å². The van der Waals surface area contributed by atoms with Crippen LogP contribution in [0.15, 0.2) is 54.6 Å². The van der Waals surface area contributed by atoms with Gasteiger partial charge in [-0.1, -0.05) is 68.2 Å². The van der Waals surface area contributed by atoms with Crippen molar-refractivity contribution < 1.29 is 54.1 Å². The van der Waals surface area contributed by atoms with E-state index in [9.17, 15) is 24.5 Å². The van der Waals surface area contributed by atoms with Crippen molar-refractivity contribution in [3.63, 3.8) is 0 Å². The number of hydrogen-bond acceptors (Lipinski definition) is 6. The minimum absolute atomic E-state index is 0. The molecule has 0 aliphatic heterocycles. The SMILES string of the molecule is CC(C)c1nnc(-c2ccccc2)c(-c2ccc(F)cc2)c1C#C[C@@H](O)C[C@@H](O)CC(=O)[O-].[Na+]. The average molecular weight is 470 g/mol. The minimum Gasteiger partial charge on any atom is -0.550 e. The average Bonchev–Trinajstić information content (AvgIpc) is 2.77. The van der Waals surface area contributed by atoms with E-state index in [0.717, 1.165) is 5.56 Å². The minimum atomic E-state index is -1.41. The number of carboxylic acids is 1. The first-order valence-electron chi connectivity index (χ1n) is 10.6. The summed E-state index contributed by atoms with van der Waals surface area (Å²) in [6, 6.07) is 15.4. The molecule has 0 saturated carbocycles. The van der Waals surface area contributed by atoms with E-state index in [4.69, 9.17) is 0 Å². The number of carbonyl (C=O) groups excluding carboxylic acids is 1. The summed E-state index contributed by atoms with van der Waals surface area (Å²) >= 11 is 0. The number of nitrogens with zero attached hydrogens (tertiary/aromatic N) is 2. The second-order valence-corrected chi connectivity index (χ2v) is 7.96. The van der Waals surface area contributed by atoms with Gasteiger partial charge in [-0.3, -0.25) is 0 Å². The van der Waals surface area contributed by atoms with Crippen LogP contribution in [0.1, 0.15) is 43.9 Å². The fourth-order valence-corrected chi connectivity index (χ4v) is 3.42. The fraction of sp³-hybridized carbons (Fsp3) is 0.269. The molecule has 0 aliphatic rings. The van der Waals surface area contributed by atoms with Crippen molar-refractivity contribution in [2.24, 2.45) is 0 Å². The van der Waals surface area contributed by atoms with E-state index in [1.807, 2.05) is 44.2 Å². The van der Waals surface area contributed by atoms with Crippen LogP contribution in [0.25, 0.3) is 22.4 Å². The van der Waals surface area contributed by atoms with Crippen LogP contribution in [-0.4, -0.2) is 38.6 Å². The summed E-state index contributed by atoms with van der Waals surface area (Å²) in [6.45, 7) is 3.87. The van der Waals surface area contributed by atoms with Crippen molar-refractivity contribution in [1.82, 2.24) is 10.2 Å². The van der Waals surface area contributed by atoms with Crippen LogP contribution in [-0.2, 0) is 4.79 Å². The van der Waals surface area contributed by atoms with Crippen molar-refractivity contribution in [1.29, 1.82) is 0 Å². The molecule has 0 amide bonds. The van der Waals surface area contributed by atoms with E-state index < -0.39 is 24.6 Å². The maximum atomic E-state index is 13.6. The van der Waals surface area contributed by atoms with Gasteiger partial charge in [-0.25, -0.2) is 4.39 Å². The van der Waals surface area contributed by atoms with Crippen LogP contribution < -0.4 is 34.7 Å². The molecular weight excluding hydrogens is 446 g/mol. The number of aromatic nitrogens is 2. The molecule has 2 aromatic carbocycles. The summed E-state index contributed by atoms with van der Waals surface area (Å²) in [5.41, 5.74) is 3.82. The van der Waals surface area contributed by atoms with Gasteiger partial charge in [0, 0.05) is 29.9 Å². The summed E-state index contributed by atoms with van der Waals surface area (Å²) in [4.78, 5) is 10.7. The Bertz CT molecular complexity index is 1180. The zero-order valence-electron chi connectivity index (χ0n) is 19.3. The van der Waals surface area contributed by atoms with Crippen LogP contribution >= 0.6 is 0 Å². The second-order valence-electron chi connectivity index (χ2n) is 7.96. The molecule has 170 valence electrons. The third-order valence-electron chi connectivity index (χ3n) is 4.99. The van der Waals surface area contributed by atoms with E-state index in [1.165, 1.54) is 12.1 Å². The normalized spacial score (nSPS) is 12.3. The van der Waals surface area contributed by atoms with Crippen molar-refractivity contribution in [3.05, 3.63) is 71.7 Å². The number of carboxylic acid groups (broad SMARTS) is 1. The molecule has 6 nitrogen and oxygen atoms in total. The second kappa shape index (κ2) is 12.7. The Balaban J connectivity index is 0.00000408. The summed E-state index contributed by atoms with van der Waals surface area (Å²) in [5, 5.41) is 39.6. The van der Waals surface area contributed by atoms with Gasteiger partial charge in [-0.15, -0.1) is 5.10 Å². The van der Waals surface area contributed by atoms with Gasteiger partial charge in [0.15, 0.2) is 0 Å². The molecule has 0 aliphatic carbocycles. The summed E-state index contributed by atoms with van der Waals surface area (Å²) < 4.78 is 13.6. The Hall–Kier alpha value is -2.60. The van der Waals surface area contributed by atoms with E-state index >= 15 is 0 Å². The Morgan fingerprint density at radius 1 is 1.03 bits per heavy atom. The van der Waals surface area contributed by atoms with Crippen LogP contribution in [0.4, 0.5) is 4.39 Å². The molecule has 0 fully saturated rings. The van der Waals surface area contributed by atoms with Crippen LogP contribution in [0, 0.1) is 17.7 Å². The molecule has 3 rings (SSSR count). The van der Waals surface area contributed by atoms with Gasteiger partial charge >= 0.3 is 29.6 Å². The predicted octanol–water partition coefficient (Wildman–Crippen LogP) is -0.319. The number of hydrogen-bond donors (Lipinski definition) is 2. The quantitative estimate of drug-likeness (QED) is 0.362. The summed E-state index contributed by atoms with van der Waals surface area (Å²) in [6.07, 6.45) is -3.38. The number of halogens is 1. The Morgan fingerprint density at radius 3 is 2.26 bits per heavy atom. The molecule has 3 aromatic rings. The fourth-order valence-electron chi connectivity index (χ4n) is 3.42. The largest absolute Gasteiger partial charge is 1.00 e. The number of carbonyl (C=O) groups is 1. The summed E-state index contributed by atoms with van der Waals surface area (Å²) in [7, 11) is 0. The van der Waals surface area contributed by atoms with E-state index in [2.05, 4.69) is 22.0 Å². The Kier molecular flexibility index (Phi) is 10.4. The van der Waals surface area contributed by atoms with Gasteiger partial charge in [-0.05, 0) is 23.6 Å². The van der Waals surface area contributed by atoms with Crippen molar-refractivity contribution in [2.75, 3.05) is 0 Å². The number of benzene rings is 2. The number of aliphatic hydroxyl groups is 2. The molecule has 0 radical (unpaired) electrons. The maximum Gasteiger partial charge on any atom is 1.00 e. The molecule has 2 N–H and O–H groups in total. The first-order valence-corrected chi connectivity index (χ1v) is 10.6.